The second-order valence-electron chi connectivity index (χ2n) is 6.22. The van der Waals surface area contributed by atoms with Gasteiger partial charge in [0.2, 0.25) is 0 Å². The van der Waals surface area contributed by atoms with Crippen LogP contribution in [-0.2, 0) is 4.79 Å². The Morgan fingerprint density at radius 3 is 2.41 bits per heavy atom. The van der Waals surface area contributed by atoms with E-state index in [1.54, 1.807) is 0 Å². The monoisotopic (exact) mass is 240 g/mol. The van der Waals surface area contributed by atoms with Crippen LogP contribution in [0.2, 0.25) is 0 Å². The maximum absolute atomic E-state index is 10.3. The zero-order valence-electron chi connectivity index (χ0n) is 11.8. The summed E-state index contributed by atoms with van der Waals surface area (Å²) in [6, 6.07) is 0. The van der Waals surface area contributed by atoms with Crippen molar-refractivity contribution in [3.63, 3.8) is 0 Å². The number of carbonyl (C=O) groups is 1. The Kier molecular flexibility index (Phi) is 7.94. The number of allylic oxidation sites excluding steroid dienone is 2. The first kappa shape index (κ1) is 16.2. The van der Waals surface area contributed by atoms with Crippen LogP contribution in [0.15, 0.2) is 12.2 Å². The predicted molar refractivity (Wildman–Crippen MR) is 73.1 cm³/mol. The molecule has 2 nitrogen and oxygen atoms in total. The van der Waals surface area contributed by atoms with Gasteiger partial charge in [-0.25, -0.2) is 0 Å². The van der Waals surface area contributed by atoms with E-state index in [9.17, 15) is 4.79 Å². The zero-order valence-corrected chi connectivity index (χ0v) is 11.8. The lowest BCUT2D eigenvalue weighted by Crippen LogP contribution is -2.10. The third-order valence-corrected chi connectivity index (χ3v) is 2.68. The van der Waals surface area contributed by atoms with Crippen LogP contribution < -0.4 is 0 Å². The number of hydrogen-bond acceptors (Lipinski definition) is 1. The summed E-state index contributed by atoms with van der Waals surface area (Å²) >= 11 is 0. The Balaban J connectivity index is 3.50. The summed E-state index contributed by atoms with van der Waals surface area (Å²) in [6.45, 7) is 9.12. The molecule has 0 aromatic rings. The van der Waals surface area contributed by atoms with E-state index in [4.69, 9.17) is 5.11 Å². The van der Waals surface area contributed by atoms with Gasteiger partial charge in [0, 0.05) is 6.42 Å². The SMILES string of the molecule is CC(CC=CCCCCC(=O)O)CC(C)(C)C. The number of aliphatic carboxylic acids is 1. The Labute approximate surface area is 106 Å². The lowest BCUT2D eigenvalue weighted by Gasteiger charge is -2.22. The fourth-order valence-electron chi connectivity index (χ4n) is 2.11. The molecule has 1 unspecified atom stereocenters. The molecule has 0 aromatic carbocycles. The molecule has 0 aromatic heterocycles. The molecule has 0 aliphatic rings. The fourth-order valence-corrected chi connectivity index (χ4v) is 2.11. The number of unbranched alkanes of at least 4 members (excludes halogenated alkanes) is 2. The van der Waals surface area contributed by atoms with E-state index in [0.29, 0.717) is 11.8 Å². The third kappa shape index (κ3) is 13.1. The molecule has 1 atom stereocenters. The van der Waals surface area contributed by atoms with Crippen LogP contribution in [0.25, 0.3) is 0 Å². The standard InChI is InChI=1S/C15H28O2/c1-13(12-15(2,3)4)10-8-6-5-7-9-11-14(16)17/h6,8,13H,5,7,9-12H2,1-4H3,(H,16,17). The highest BCUT2D eigenvalue weighted by Gasteiger charge is 2.13. The highest BCUT2D eigenvalue weighted by molar-refractivity contribution is 5.66. The van der Waals surface area contributed by atoms with Gasteiger partial charge >= 0.3 is 5.97 Å². The number of rotatable bonds is 8. The molecule has 0 heterocycles. The zero-order chi connectivity index (χ0) is 13.3. The summed E-state index contributed by atoms with van der Waals surface area (Å²) in [5.74, 6) is 0.0399. The van der Waals surface area contributed by atoms with Gasteiger partial charge in [-0.2, -0.15) is 0 Å². The average Bonchev–Trinajstić information content (AvgIpc) is 2.12. The largest absolute Gasteiger partial charge is 0.481 e. The van der Waals surface area contributed by atoms with E-state index in [1.807, 2.05) is 0 Å². The van der Waals surface area contributed by atoms with E-state index in [0.717, 1.165) is 31.6 Å². The third-order valence-electron chi connectivity index (χ3n) is 2.68. The summed E-state index contributed by atoms with van der Waals surface area (Å²) in [6.07, 6.45) is 9.90. The molecule has 0 rings (SSSR count). The first-order valence-electron chi connectivity index (χ1n) is 6.68. The summed E-state index contributed by atoms with van der Waals surface area (Å²) in [5, 5.41) is 8.48. The molecule has 0 saturated carbocycles. The minimum absolute atomic E-state index is 0.300. The molecule has 0 fully saturated rings. The number of carboxylic acid groups (broad SMARTS) is 1. The number of carboxylic acids is 1. The van der Waals surface area contributed by atoms with Gasteiger partial charge in [0.05, 0.1) is 0 Å². The van der Waals surface area contributed by atoms with Crippen molar-refractivity contribution in [2.45, 2.75) is 66.2 Å². The average molecular weight is 240 g/mol. The first-order chi connectivity index (χ1) is 7.81. The van der Waals surface area contributed by atoms with Crippen molar-refractivity contribution in [1.29, 1.82) is 0 Å². The lowest BCUT2D eigenvalue weighted by atomic mass is 9.84. The van der Waals surface area contributed by atoms with E-state index >= 15 is 0 Å². The maximum atomic E-state index is 10.3. The fraction of sp³-hybridized carbons (Fsp3) is 0.800. The molecule has 0 spiro atoms. The molecule has 100 valence electrons. The summed E-state index contributed by atoms with van der Waals surface area (Å²) in [4.78, 5) is 10.3. The Hall–Kier alpha value is -0.790. The van der Waals surface area contributed by atoms with Crippen molar-refractivity contribution >= 4 is 5.97 Å². The topological polar surface area (TPSA) is 37.3 Å². The van der Waals surface area contributed by atoms with Gasteiger partial charge < -0.3 is 5.11 Å². The van der Waals surface area contributed by atoms with Gasteiger partial charge in [-0.3, -0.25) is 4.79 Å². The predicted octanol–water partition coefficient (Wildman–Crippen LogP) is 4.65. The summed E-state index contributed by atoms with van der Waals surface area (Å²) in [5.41, 5.74) is 0.411. The Bertz CT molecular complexity index is 236. The van der Waals surface area contributed by atoms with Gasteiger partial charge in [-0.1, -0.05) is 39.8 Å². The lowest BCUT2D eigenvalue weighted by molar-refractivity contribution is -0.137. The molecular formula is C15H28O2. The van der Waals surface area contributed by atoms with Crippen LogP contribution in [0.1, 0.15) is 66.2 Å². The maximum Gasteiger partial charge on any atom is 0.303 e. The van der Waals surface area contributed by atoms with E-state index in [-0.39, 0.29) is 0 Å². The normalized spacial score (nSPS) is 14.1. The molecule has 2 heteroatoms. The molecule has 0 bridgehead atoms. The van der Waals surface area contributed by atoms with E-state index < -0.39 is 5.97 Å². The van der Waals surface area contributed by atoms with E-state index in [2.05, 4.69) is 39.8 Å². The van der Waals surface area contributed by atoms with Crippen molar-refractivity contribution in [2.24, 2.45) is 11.3 Å². The van der Waals surface area contributed by atoms with Crippen LogP contribution in [0.4, 0.5) is 0 Å². The first-order valence-corrected chi connectivity index (χ1v) is 6.68. The second-order valence-corrected chi connectivity index (χ2v) is 6.22. The smallest absolute Gasteiger partial charge is 0.303 e. The van der Waals surface area contributed by atoms with Gasteiger partial charge in [-0.05, 0) is 43.4 Å². The minimum atomic E-state index is -0.687. The van der Waals surface area contributed by atoms with Crippen LogP contribution in [0, 0.1) is 11.3 Å². The van der Waals surface area contributed by atoms with Crippen LogP contribution in [-0.4, -0.2) is 11.1 Å². The Morgan fingerprint density at radius 1 is 1.24 bits per heavy atom. The van der Waals surface area contributed by atoms with Crippen LogP contribution in [0.5, 0.6) is 0 Å². The Morgan fingerprint density at radius 2 is 1.88 bits per heavy atom. The molecule has 17 heavy (non-hydrogen) atoms. The van der Waals surface area contributed by atoms with Crippen molar-refractivity contribution in [1.82, 2.24) is 0 Å². The minimum Gasteiger partial charge on any atom is -0.481 e. The molecule has 0 amide bonds. The van der Waals surface area contributed by atoms with Crippen LogP contribution in [0.3, 0.4) is 0 Å². The second kappa shape index (κ2) is 8.32. The quantitative estimate of drug-likeness (QED) is 0.495. The highest BCUT2D eigenvalue weighted by atomic mass is 16.4. The van der Waals surface area contributed by atoms with Crippen molar-refractivity contribution in [3.8, 4) is 0 Å². The van der Waals surface area contributed by atoms with Crippen molar-refractivity contribution in [3.05, 3.63) is 12.2 Å². The van der Waals surface area contributed by atoms with Crippen LogP contribution >= 0.6 is 0 Å². The molecule has 1 N–H and O–H groups in total. The molecule has 0 aliphatic carbocycles. The molecular weight excluding hydrogens is 212 g/mol. The van der Waals surface area contributed by atoms with E-state index in [1.165, 1.54) is 6.42 Å². The summed E-state index contributed by atoms with van der Waals surface area (Å²) < 4.78 is 0. The van der Waals surface area contributed by atoms with Crippen molar-refractivity contribution < 1.29 is 9.90 Å². The number of hydrogen-bond donors (Lipinski definition) is 1. The molecule has 0 saturated heterocycles. The van der Waals surface area contributed by atoms with Gasteiger partial charge in [0.1, 0.15) is 0 Å². The molecule has 0 aliphatic heterocycles. The highest BCUT2D eigenvalue weighted by Crippen LogP contribution is 2.26. The van der Waals surface area contributed by atoms with Gasteiger partial charge in [0.15, 0.2) is 0 Å². The molecule has 0 radical (unpaired) electrons. The van der Waals surface area contributed by atoms with Crippen molar-refractivity contribution in [2.75, 3.05) is 0 Å². The van der Waals surface area contributed by atoms with Gasteiger partial charge in [0.25, 0.3) is 0 Å². The van der Waals surface area contributed by atoms with Gasteiger partial charge in [-0.15, -0.1) is 0 Å². The summed E-state index contributed by atoms with van der Waals surface area (Å²) in [7, 11) is 0.